The molecule has 0 aromatic heterocycles. The van der Waals surface area contributed by atoms with Crippen molar-refractivity contribution in [1.29, 1.82) is 0 Å². The van der Waals surface area contributed by atoms with Crippen LogP contribution >= 0.6 is 11.8 Å². The Balaban J connectivity index is 2.93. The molecule has 0 aromatic carbocycles. The van der Waals surface area contributed by atoms with Crippen LogP contribution in [0, 0.1) is 0 Å². The van der Waals surface area contributed by atoms with Crippen molar-refractivity contribution in [3.8, 4) is 0 Å². The second-order valence-corrected chi connectivity index (χ2v) is 5.64. The second kappa shape index (κ2) is 13.3. The molecule has 1 atom stereocenters. The summed E-state index contributed by atoms with van der Waals surface area (Å²) >= 11 is 1.87. The van der Waals surface area contributed by atoms with Crippen LogP contribution in [0.4, 0.5) is 0 Å². The van der Waals surface area contributed by atoms with Gasteiger partial charge in [-0.2, -0.15) is 11.8 Å². The van der Waals surface area contributed by atoms with Crippen LogP contribution < -0.4 is 5.73 Å². The van der Waals surface area contributed by atoms with E-state index in [0.717, 1.165) is 5.75 Å². The van der Waals surface area contributed by atoms with Gasteiger partial charge in [0.1, 0.15) is 0 Å². The van der Waals surface area contributed by atoms with Crippen molar-refractivity contribution in [2.45, 2.75) is 64.3 Å². The molecule has 0 aromatic rings. The first-order chi connectivity index (χ1) is 7.81. The Kier molecular flexibility index (Phi) is 13.6. The molecule has 3 heteroatoms. The van der Waals surface area contributed by atoms with Crippen molar-refractivity contribution >= 4 is 11.8 Å². The molecule has 0 saturated heterocycles. The van der Waals surface area contributed by atoms with Gasteiger partial charge >= 0.3 is 0 Å². The Morgan fingerprint density at radius 1 is 1.00 bits per heavy atom. The van der Waals surface area contributed by atoms with Gasteiger partial charge < -0.3 is 10.8 Å². The number of hydrogen-bond acceptors (Lipinski definition) is 3. The predicted molar refractivity (Wildman–Crippen MR) is 75.0 cm³/mol. The maximum atomic E-state index is 8.74. The fraction of sp³-hybridized carbons (Fsp3) is 1.00. The summed E-state index contributed by atoms with van der Waals surface area (Å²) in [4.78, 5) is 0. The molecule has 0 fully saturated rings. The number of unbranched alkanes of at least 4 members (excludes halogenated alkanes) is 7. The molecule has 0 amide bonds. The third-order valence-corrected chi connectivity index (χ3v) is 3.95. The van der Waals surface area contributed by atoms with Crippen LogP contribution in [0.5, 0.6) is 0 Å². The number of hydrogen-bond donors (Lipinski definition) is 2. The van der Waals surface area contributed by atoms with E-state index in [1.165, 1.54) is 57.1 Å². The highest BCUT2D eigenvalue weighted by Gasteiger charge is 1.99. The average molecular weight is 247 g/mol. The van der Waals surface area contributed by atoms with Gasteiger partial charge in [-0.05, 0) is 12.2 Å². The van der Waals surface area contributed by atoms with Gasteiger partial charge in [-0.15, -0.1) is 0 Å². The number of aliphatic hydroxyl groups excluding tert-OH is 1. The molecule has 0 rings (SSSR count). The van der Waals surface area contributed by atoms with Gasteiger partial charge in [-0.1, -0.05) is 51.9 Å². The van der Waals surface area contributed by atoms with Crippen molar-refractivity contribution in [2.75, 3.05) is 18.1 Å². The summed E-state index contributed by atoms with van der Waals surface area (Å²) in [7, 11) is 0. The van der Waals surface area contributed by atoms with Crippen LogP contribution in [0.3, 0.4) is 0 Å². The van der Waals surface area contributed by atoms with Crippen LogP contribution in [0.25, 0.3) is 0 Å². The van der Waals surface area contributed by atoms with Crippen molar-refractivity contribution in [3.05, 3.63) is 0 Å². The summed E-state index contributed by atoms with van der Waals surface area (Å²) in [6.45, 7) is 2.37. The van der Waals surface area contributed by atoms with Gasteiger partial charge in [0, 0.05) is 11.8 Å². The van der Waals surface area contributed by atoms with E-state index in [9.17, 15) is 0 Å². The molecule has 3 N–H and O–H groups in total. The summed E-state index contributed by atoms with van der Waals surface area (Å²) in [5.41, 5.74) is 5.61. The molecule has 16 heavy (non-hydrogen) atoms. The first-order valence-corrected chi connectivity index (χ1v) is 7.91. The fourth-order valence-corrected chi connectivity index (χ4v) is 2.61. The van der Waals surface area contributed by atoms with E-state index in [4.69, 9.17) is 10.8 Å². The maximum absolute atomic E-state index is 8.74. The molecular weight excluding hydrogens is 218 g/mol. The Bertz CT molecular complexity index is 133. The van der Waals surface area contributed by atoms with Gasteiger partial charge in [0.05, 0.1) is 6.61 Å². The van der Waals surface area contributed by atoms with Crippen molar-refractivity contribution in [3.63, 3.8) is 0 Å². The van der Waals surface area contributed by atoms with Gasteiger partial charge in [0.25, 0.3) is 0 Å². The lowest BCUT2D eigenvalue weighted by Crippen LogP contribution is -2.27. The van der Waals surface area contributed by atoms with Gasteiger partial charge in [0.15, 0.2) is 0 Å². The topological polar surface area (TPSA) is 46.2 Å². The first-order valence-electron chi connectivity index (χ1n) is 6.75. The zero-order valence-electron chi connectivity index (χ0n) is 10.8. The first kappa shape index (κ1) is 16.3. The normalized spacial score (nSPS) is 12.9. The number of aliphatic hydroxyl groups is 1. The Morgan fingerprint density at radius 2 is 1.56 bits per heavy atom. The molecule has 0 aliphatic heterocycles. The van der Waals surface area contributed by atoms with E-state index in [0.29, 0.717) is 0 Å². The maximum Gasteiger partial charge on any atom is 0.0590 e. The van der Waals surface area contributed by atoms with E-state index in [-0.39, 0.29) is 12.6 Å². The molecule has 0 saturated carbocycles. The Hall–Kier alpha value is 0.270. The number of thioether (sulfide) groups is 1. The van der Waals surface area contributed by atoms with Gasteiger partial charge in [-0.3, -0.25) is 0 Å². The summed E-state index contributed by atoms with van der Waals surface area (Å²) in [5.74, 6) is 2.09. The smallest absolute Gasteiger partial charge is 0.0590 e. The predicted octanol–water partition coefficient (Wildman–Crippen LogP) is 3.18. The lowest BCUT2D eigenvalue weighted by molar-refractivity contribution is 0.275. The molecule has 98 valence electrons. The largest absolute Gasteiger partial charge is 0.395 e. The van der Waals surface area contributed by atoms with Crippen LogP contribution in [0.1, 0.15) is 58.3 Å². The minimum Gasteiger partial charge on any atom is -0.395 e. The third-order valence-electron chi connectivity index (χ3n) is 2.71. The quantitative estimate of drug-likeness (QED) is 0.521. The standard InChI is InChI=1S/C13H29NOS/c1-2-3-4-5-6-7-8-9-10-16-12-13(14)11-15/h13,15H,2-12,14H2,1H3. The Labute approximate surface area is 105 Å². The monoisotopic (exact) mass is 247 g/mol. The molecular formula is C13H29NOS. The number of rotatable bonds is 12. The molecule has 1 unspecified atom stereocenters. The summed E-state index contributed by atoms with van der Waals surface area (Å²) in [6.07, 6.45) is 11.0. The van der Waals surface area contributed by atoms with Gasteiger partial charge in [-0.25, -0.2) is 0 Å². The summed E-state index contributed by atoms with van der Waals surface area (Å²) in [5, 5.41) is 8.74. The highest BCUT2D eigenvalue weighted by molar-refractivity contribution is 7.99. The van der Waals surface area contributed by atoms with E-state index < -0.39 is 0 Å². The summed E-state index contributed by atoms with van der Waals surface area (Å²) in [6, 6.07) is -0.0287. The Morgan fingerprint density at radius 3 is 2.12 bits per heavy atom. The molecule has 0 aliphatic rings. The van der Waals surface area contributed by atoms with E-state index in [1.54, 1.807) is 0 Å². The second-order valence-electron chi connectivity index (χ2n) is 4.49. The molecule has 0 aliphatic carbocycles. The molecule has 0 radical (unpaired) electrons. The molecule has 0 heterocycles. The van der Waals surface area contributed by atoms with Crippen molar-refractivity contribution < 1.29 is 5.11 Å². The minimum absolute atomic E-state index is 0.0287. The molecule has 0 spiro atoms. The molecule has 2 nitrogen and oxygen atoms in total. The van der Waals surface area contributed by atoms with Crippen LogP contribution in [0.2, 0.25) is 0 Å². The number of nitrogens with two attached hydrogens (primary N) is 1. The van der Waals surface area contributed by atoms with E-state index >= 15 is 0 Å². The van der Waals surface area contributed by atoms with Crippen LogP contribution in [-0.2, 0) is 0 Å². The third kappa shape index (κ3) is 12.3. The van der Waals surface area contributed by atoms with E-state index in [2.05, 4.69) is 6.92 Å². The van der Waals surface area contributed by atoms with Crippen LogP contribution in [-0.4, -0.2) is 29.3 Å². The average Bonchev–Trinajstić information content (AvgIpc) is 2.31. The lowest BCUT2D eigenvalue weighted by Gasteiger charge is -2.07. The summed E-state index contributed by atoms with van der Waals surface area (Å²) < 4.78 is 0. The van der Waals surface area contributed by atoms with Gasteiger partial charge in [0.2, 0.25) is 0 Å². The van der Waals surface area contributed by atoms with Crippen molar-refractivity contribution in [1.82, 2.24) is 0 Å². The highest BCUT2D eigenvalue weighted by Crippen LogP contribution is 2.11. The lowest BCUT2D eigenvalue weighted by atomic mass is 10.1. The minimum atomic E-state index is -0.0287. The highest BCUT2D eigenvalue weighted by atomic mass is 32.2. The SMILES string of the molecule is CCCCCCCCCCSCC(N)CO. The zero-order valence-corrected chi connectivity index (χ0v) is 11.6. The van der Waals surface area contributed by atoms with Crippen molar-refractivity contribution in [2.24, 2.45) is 5.73 Å². The van der Waals surface area contributed by atoms with E-state index in [1.807, 2.05) is 11.8 Å². The van der Waals surface area contributed by atoms with Crippen LogP contribution in [0.15, 0.2) is 0 Å². The molecule has 0 bridgehead atoms. The fourth-order valence-electron chi connectivity index (χ4n) is 1.63. The zero-order chi connectivity index (χ0) is 12.1.